The zero-order valence-corrected chi connectivity index (χ0v) is 10.9. The summed E-state index contributed by atoms with van der Waals surface area (Å²) in [5.41, 5.74) is 6.24. The molecule has 1 rings (SSSR count). The van der Waals surface area contributed by atoms with Crippen LogP contribution < -0.4 is 15.2 Å². The van der Waals surface area contributed by atoms with Gasteiger partial charge in [0.1, 0.15) is 18.1 Å². The molecule has 0 amide bonds. The second kappa shape index (κ2) is 5.77. The number of benzene rings is 1. The van der Waals surface area contributed by atoms with Gasteiger partial charge in [-0.1, -0.05) is 0 Å². The van der Waals surface area contributed by atoms with Crippen molar-refractivity contribution in [1.29, 1.82) is 0 Å². The minimum atomic E-state index is -0.144. The maximum absolute atomic E-state index is 5.82. The van der Waals surface area contributed by atoms with Crippen molar-refractivity contribution < 1.29 is 14.2 Å². The Morgan fingerprint density at radius 1 is 1.18 bits per heavy atom. The quantitative estimate of drug-likeness (QED) is 0.633. The Balaban J connectivity index is 2.42. The van der Waals surface area contributed by atoms with E-state index in [9.17, 15) is 0 Å². The van der Waals surface area contributed by atoms with E-state index in [1.165, 1.54) is 0 Å². The van der Waals surface area contributed by atoms with E-state index in [1.807, 2.05) is 26.8 Å². The van der Waals surface area contributed by atoms with E-state index in [0.717, 1.165) is 5.75 Å². The molecule has 0 aliphatic carbocycles. The van der Waals surface area contributed by atoms with Crippen molar-refractivity contribution >= 4 is 5.69 Å². The zero-order valence-electron chi connectivity index (χ0n) is 10.9. The Morgan fingerprint density at radius 2 is 1.88 bits per heavy atom. The lowest BCUT2D eigenvalue weighted by atomic mass is 10.2. The molecule has 1 aromatic rings. The van der Waals surface area contributed by atoms with Gasteiger partial charge in [0.15, 0.2) is 0 Å². The first-order valence-electron chi connectivity index (χ1n) is 5.62. The number of hydrogen-bond acceptors (Lipinski definition) is 4. The van der Waals surface area contributed by atoms with Gasteiger partial charge in [-0.05, 0) is 32.9 Å². The van der Waals surface area contributed by atoms with Gasteiger partial charge in [0.05, 0.1) is 25.0 Å². The molecule has 4 nitrogen and oxygen atoms in total. The number of hydrogen-bond donors (Lipinski definition) is 1. The first-order valence-corrected chi connectivity index (χ1v) is 5.62. The summed E-state index contributed by atoms with van der Waals surface area (Å²) in [7, 11) is 1.60. The first kappa shape index (κ1) is 13.6. The van der Waals surface area contributed by atoms with Gasteiger partial charge in [-0.2, -0.15) is 0 Å². The van der Waals surface area contributed by atoms with Crippen LogP contribution in [0.3, 0.4) is 0 Å². The van der Waals surface area contributed by atoms with E-state index in [1.54, 1.807) is 19.2 Å². The van der Waals surface area contributed by atoms with Crippen LogP contribution in [0.5, 0.6) is 11.5 Å². The van der Waals surface area contributed by atoms with Crippen molar-refractivity contribution in [2.24, 2.45) is 0 Å². The summed E-state index contributed by atoms with van der Waals surface area (Å²) in [4.78, 5) is 0. The van der Waals surface area contributed by atoms with Crippen LogP contribution in [0.1, 0.15) is 20.8 Å². The van der Waals surface area contributed by atoms with E-state index < -0.39 is 0 Å². The maximum atomic E-state index is 5.82. The van der Waals surface area contributed by atoms with Crippen molar-refractivity contribution in [3.8, 4) is 11.5 Å². The van der Waals surface area contributed by atoms with Gasteiger partial charge >= 0.3 is 0 Å². The van der Waals surface area contributed by atoms with Crippen molar-refractivity contribution in [3.05, 3.63) is 18.2 Å². The van der Waals surface area contributed by atoms with E-state index in [0.29, 0.717) is 24.7 Å². The molecule has 0 radical (unpaired) electrons. The van der Waals surface area contributed by atoms with E-state index in [-0.39, 0.29) is 5.60 Å². The number of nitrogen functional groups attached to an aromatic ring is 1. The van der Waals surface area contributed by atoms with Crippen LogP contribution in [0.25, 0.3) is 0 Å². The molecule has 0 unspecified atom stereocenters. The standard InChI is InChI=1S/C13H21NO3/c1-13(2,3)17-8-7-16-12-6-5-10(15-4)9-11(12)14/h5-6,9H,7-8,14H2,1-4H3. The number of rotatable bonds is 5. The molecular weight excluding hydrogens is 218 g/mol. The summed E-state index contributed by atoms with van der Waals surface area (Å²) >= 11 is 0. The molecule has 0 spiro atoms. The minimum Gasteiger partial charge on any atom is -0.497 e. The Labute approximate surface area is 103 Å². The molecule has 0 aliphatic heterocycles. The fourth-order valence-electron chi connectivity index (χ4n) is 1.28. The molecular formula is C13H21NO3. The third kappa shape index (κ3) is 4.95. The predicted molar refractivity (Wildman–Crippen MR) is 68.6 cm³/mol. The maximum Gasteiger partial charge on any atom is 0.142 e. The number of anilines is 1. The van der Waals surface area contributed by atoms with Crippen LogP contribution in [0.2, 0.25) is 0 Å². The highest BCUT2D eigenvalue weighted by Crippen LogP contribution is 2.26. The Bertz CT molecular complexity index is 358. The highest BCUT2D eigenvalue weighted by molar-refractivity contribution is 5.56. The third-order valence-electron chi connectivity index (χ3n) is 2.09. The van der Waals surface area contributed by atoms with Gasteiger partial charge in [-0.25, -0.2) is 0 Å². The van der Waals surface area contributed by atoms with Crippen LogP contribution in [0.4, 0.5) is 5.69 Å². The summed E-state index contributed by atoms with van der Waals surface area (Å²) in [6.45, 7) is 7.04. The number of methoxy groups -OCH3 is 1. The molecule has 0 aliphatic rings. The highest BCUT2D eigenvalue weighted by atomic mass is 16.5. The minimum absolute atomic E-state index is 0.144. The number of ether oxygens (including phenoxy) is 3. The molecule has 0 atom stereocenters. The normalized spacial score (nSPS) is 11.3. The average Bonchev–Trinajstić information content (AvgIpc) is 2.24. The zero-order chi connectivity index (χ0) is 12.9. The second-order valence-corrected chi connectivity index (χ2v) is 4.71. The highest BCUT2D eigenvalue weighted by Gasteiger charge is 2.09. The number of nitrogens with two attached hydrogens (primary N) is 1. The molecule has 0 aromatic heterocycles. The Hall–Kier alpha value is -1.42. The molecule has 1 aromatic carbocycles. The fraction of sp³-hybridized carbons (Fsp3) is 0.538. The summed E-state index contributed by atoms with van der Waals surface area (Å²) in [5.74, 6) is 1.38. The van der Waals surface area contributed by atoms with Crippen LogP contribution in [-0.2, 0) is 4.74 Å². The lowest BCUT2D eigenvalue weighted by Gasteiger charge is -2.19. The summed E-state index contributed by atoms with van der Waals surface area (Å²) < 4.78 is 16.1. The molecule has 0 saturated heterocycles. The van der Waals surface area contributed by atoms with Crippen LogP contribution in [0, 0.1) is 0 Å². The van der Waals surface area contributed by atoms with E-state index in [4.69, 9.17) is 19.9 Å². The molecule has 0 saturated carbocycles. The van der Waals surface area contributed by atoms with Gasteiger partial charge in [-0.3, -0.25) is 0 Å². The molecule has 0 fully saturated rings. The van der Waals surface area contributed by atoms with Gasteiger partial charge in [0, 0.05) is 6.07 Å². The predicted octanol–water partition coefficient (Wildman–Crippen LogP) is 2.47. The van der Waals surface area contributed by atoms with Crippen molar-refractivity contribution in [3.63, 3.8) is 0 Å². The molecule has 96 valence electrons. The lowest BCUT2D eigenvalue weighted by molar-refractivity contribution is -0.0162. The van der Waals surface area contributed by atoms with Crippen molar-refractivity contribution in [2.75, 3.05) is 26.1 Å². The van der Waals surface area contributed by atoms with Crippen LogP contribution in [0.15, 0.2) is 18.2 Å². The van der Waals surface area contributed by atoms with Gasteiger partial charge in [0.25, 0.3) is 0 Å². The fourth-order valence-corrected chi connectivity index (χ4v) is 1.28. The van der Waals surface area contributed by atoms with Gasteiger partial charge in [0.2, 0.25) is 0 Å². The van der Waals surface area contributed by atoms with E-state index >= 15 is 0 Å². The Kier molecular flexibility index (Phi) is 4.63. The lowest BCUT2D eigenvalue weighted by Crippen LogP contribution is -2.22. The van der Waals surface area contributed by atoms with Gasteiger partial charge in [-0.15, -0.1) is 0 Å². The SMILES string of the molecule is COc1ccc(OCCOC(C)(C)C)c(N)c1. The molecule has 17 heavy (non-hydrogen) atoms. The second-order valence-electron chi connectivity index (χ2n) is 4.71. The van der Waals surface area contributed by atoms with Crippen molar-refractivity contribution in [1.82, 2.24) is 0 Å². The smallest absolute Gasteiger partial charge is 0.142 e. The monoisotopic (exact) mass is 239 g/mol. The summed E-state index contributed by atoms with van der Waals surface area (Å²) in [6.07, 6.45) is 0. The average molecular weight is 239 g/mol. The third-order valence-corrected chi connectivity index (χ3v) is 2.09. The Morgan fingerprint density at radius 3 is 2.41 bits per heavy atom. The molecule has 0 bridgehead atoms. The summed E-state index contributed by atoms with van der Waals surface area (Å²) in [5, 5.41) is 0. The van der Waals surface area contributed by atoms with Crippen molar-refractivity contribution in [2.45, 2.75) is 26.4 Å². The van der Waals surface area contributed by atoms with Gasteiger partial charge < -0.3 is 19.9 Å². The summed E-state index contributed by atoms with van der Waals surface area (Å²) in [6, 6.07) is 5.35. The molecule has 4 heteroatoms. The van der Waals surface area contributed by atoms with Crippen LogP contribution >= 0.6 is 0 Å². The van der Waals surface area contributed by atoms with E-state index in [2.05, 4.69) is 0 Å². The molecule has 2 N–H and O–H groups in total. The van der Waals surface area contributed by atoms with Crippen LogP contribution in [-0.4, -0.2) is 25.9 Å². The molecule has 0 heterocycles. The topological polar surface area (TPSA) is 53.7 Å². The largest absolute Gasteiger partial charge is 0.497 e. The first-order chi connectivity index (χ1) is 7.92.